The Kier molecular flexibility index (Phi) is 6.42. The minimum Gasteiger partial charge on any atom is -0.394 e. The van der Waals surface area contributed by atoms with Gasteiger partial charge in [-0.15, -0.1) is 5.10 Å². The molecular weight excluding hydrogens is 445 g/mol. The van der Waals surface area contributed by atoms with E-state index in [0.717, 1.165) is 22.9 Å². The molecule has 3 aromatic rings. The van der Waals surface area contributed by atoms with E-state index in [4.69, 9.17) is 4.74 Å². The number of benzene rings is 2. The summed E-state index contributed by atoms with van der Waals surface area (Å²) in [7, 11) is 0. The number of aliphatic hydroxyl groups is 3. The first-order valence-corrected chi connectivity index (χ1v) is 9.84. The van der Waals surface area contributed by atoms with Gasteiger partial charge in [0.1, 0.15) is 35.9 Å². The highest BCUT2D eigenvalue weighted by molar-refractivity contribution is 5.94. The summed E-state index contributed by atoms with van der Waals surface area (Å²) >= 11 is 0. The fraction of sp³-hybridized carbons (Fsp3) is 0.286. The van der Waals surface area contributed by atoms with Gasteiger partial charge in [0, 0.05) is 17.3 Å². The third kappa shape index (κ3) is 4.59. The van der Waals surface area contributed by atoms with Gasteiger partial charge in [0.15, 0.2) is 17.7 Å². The second kappa shape index (κ2) is 9.27. The Morgan fingerprint density at radius 3 is 2.58 bits per heavy atom. The molecule has 9 nitrogen and oxygen atoms in total. The molecule has 33 heavy (non-hydrogen) atoms. The molecule has 1 aliphatic heterocycles. The normalized spacial score (nSPS) is 25.1. The van der Waals surface area contributed by atoms with E-state index < -0.39 is 60.4 Å². The number of hydrogen-bond acceptors (Lipinski definition) is 7. The Hall–Kier alpha value is -3.32. The molecule has 2 aromatic carbocycles. The molecule has 2 heterocycles. The van der Waals surface area contributed by atoms with Crippen LogP contribution in [0.5, 0.6) is 0 Å². The van der Waals surface area contributed by atoms with Crippen LogP contribution >= 0.6 is 0 Å². The van der Waals surface area contributed by atoms with Crippen molar-refractivity contribution in [1.29, 1.82) is 0 Å². The highest BCUT2D eigenvalue weighted by atomic mass is 19.2. The standard InChI is InChI=1S/C21H19F3N4O5/c22-11-3-1-2-10(6-11)15-8-28(27-26-15)17-18(30)16(9-29)33-20(19(17)31)21(32)25-12-4-5-13(23)14(24)7-12/h1-8,16-20,29-31H,9H2,(H,25,32). The minimum absolute atomic E-state index is 0.0907. The summed E-state index contributed by atoms with van der Waals surface area (Å²) in [5, 5.41) is 41.1. The van der Waals surface area contributed by atoms with Crippen LogP contribution in [0.3, 0.4) is 0 Å². The lowest BCUT2D eigenvalue weighted by Gasteiger charge is -2.41. The number of rotatable bonds is 5. The molecule has 0 spiro atoms. The Labute approximate surface area is 185 Å². The fourth-order valence-electron chi connectivity index (χ4n) is 3.62. The van der Waals surface area contributed by atoms with Gasteiger partial charge >= 0.3 is 0 Å². The molecule has 4 N–H and O–H groups in total. The lowest BCUT2D eigenvalue weighted by Crippen LogP contribution is -2.59. The Morgan fingerprint density at radius 1 is 1.09 bits per heavy atom. The van der Waals surface area contributed by atoms with Crippen LogP contribution in [0.1, 0.15) is 6.04 Å². The zero-order valence-corrected chi connectivity index (χ0v) is 16.8. The lowest BCUT2D eigenvalue weighted by atomic mass is 9.92. The maximum absolute atomic E-state index is 13.5. The molecule has 12 heteroatoms. The molecule has 1 fully saturated rings. The summed E-state index contributed by atoms with van der Waals surface area (Å²) in [4.78, 5) is 12.7. The quantitative estimate of drug-likeness (QED) is 0.444. The van der Waals surface area contributed by atoms with Crippen LogP contribution < -0.4 is 5.32 Å². The maximum Gasteiger partial charge on any atom is 0.256 e. The lowest BCUT2D eigenvalue weighted by molar-refractivity contribution is -0.204. The summed E-state index contributed by atoms with van der Waals surface area (Å²) in [6.45, 7) is -0.690. The number of nitrogens with one attached hydrogen (secondary N) is 1. The number of aromatic nitrogens is 3. The molecule has 5 atom stereocenters. The van der Waals surface area contributed by atoms with Crippen molar-refractivity contribution in [3.63, 3.8) is 0 Å². The number of hydrogen-bond donors (Lipinski definition) is 4. The Morgan fingerprint density at radius 2 is 1.88 bits per heavy atom. The smallest absolute Gasteiger partial charge is 0.256 e. The van der Waals surface area contributed by atoms with Gasteiger partial charge in [0.05, 0.1) is 12.8 Å². The van der Waals surface area contributed by atoms with Gasteiger partial charge in [-0.3, -0.25) is 4.79 Å². The average Bonchev–Trinajstić information content (AvgIpc) is 3.26. The van der Waals surface area contributed by atoms with Crippen molar-refractivity contribution < 1.29 is 38.0 Å². The van der Waals surface area contributed by atoms with E-state index in [-0.39, 0.29) is 11.4 Å². The van der Waals surface area contributed by atoms with E-state index in [1.54, 1.807) is 6.07 Å². The number of ether oxygens (including phenoxy) is 1. The van der Waals surface area contributed by atoms with Gasteiger partial charge in [0.2, 0.25) is 0 Å². The van der Waals surface area contributed by atoms with E-state index in [1.165, 1.54) is 24.4 Å². The van der Waals surface area contributed by atoms with Crippen LogP contribution in [0.4, 0.5) is 18.9 Å². The van der Waals surface area contributed by atoms with Gasteiger partial charge < -0.3 is 25.4 Å². The zero-order chi connectivity index (χ0) is 23.7. The molecule has 0 radical (unpaired) electrons. The highest BCUT2D eigenvalue weighted by Gasteiger charge is 2.48. The third-order valence-electron chi connectivity index (χ3n) is 5.27. The molecule has 4 rings (SSSR count). The van der Waals surface area contributed by atoms with Gasteiger partial charge in [-0.25, -0.2) is 17.9 Å². The second-order valence-electron chi connectivity index (χ2n) is 7.46. The molecule has 0 bridgehead atoms. The molecule has 1 amide bonds. The van der Waals surface area contributed by atoms with Gasteiger partial charge in [0.25, 0.3) is 5.91 Å². The molecule has 0 aliphatic carbocycles. The van der Waals surface area contributed by atoms with Crippen molar-refractivity contribution >= 4 is 11.6 Å². The maximum atomic E-state index is 13.5. The molecule has 1 aliphatic rings. The van der Waals surface area contributed by atoms with E-state index >= 15 is 0 Å². The van der Waals surface area contributed by atoms with Crippen molar-refractivity contribution in [1.82, 2.24) is 15.0 Å². The number of amides is 1. The number of carbonyl (C=O) groups excluding carboxylic acids is 1. The molecule has 5 unspecified atom stereocenters. The average molecular weight is 464 g/mol. The van der Waals surface area contributed by atoms with E-state index in [2.05, 4.69) is 15.6 Å². The highest BCUT2D eigenvalue weighted by Crippen LogP contribution is 2.31. The topological polar surface area (TPSA) is 130 Å². The van der Waals surface area contributed by atoms with Crippen molar-refractivity contribution in [2.24, 2.45) is 0 Å². The van der Waals surface area contributed by atoms with Crippen molar-refractivity contribution in [2.45, 2.75) is 30.5 Å². The number of halogens is 3. The summed E-state index contributed by atoms with van der Waals surface area (Å²) in [6.07, 6.45) is -4.70. The van der Waals surface area contributed by atoms with Crippen LogP contribution in [0, 0.1) is 17.5 Å². The van der Waals surface area contributed by atoms with Crippen LogP contribution in [0.25, 0.3) is 11.3 Å². The van der Waals surface area contributed by atoms with E-state index in [9.17, 15) is 33.3 Å². The first-order valence-electron chi connectivity index (χ1n) is 9.84. The molecule has 174 valence electrons. The molecular formula is C21H19F3N4O5. The van der Waals surface area contributed by atoms with Crippen LogP contribution in [0.15, 0.2) is 48.7 Å². The Balaban J connectivity index is 1.60. The second-order valence-corrected chi connectivity index (χ2v) is 7.46. The minimum atomic E-state index is -1.67. The Bertz CT molecular complexity index is 1160. The van der Waals surface area contributed by atoms with E-state index in [0.29, 0.717) is 5.56 Å². The number of nitrogens with zero attached hydrogens (tertiary/aromatic N) is 3. The van der Waals surface area contributed by atoms with Crippen LogP contribution in [-0.2, 0) is 9.53 Å². The first kappa shape index (κ1) is 22.9. The first-order chi connectivity index (χ1) is 15.8. The number of anilines is 1. The van der Waals surface area contributed by atoms with Crippen molar-refractivity contribution in [2.75, 3.05) is 11.9 Å². The summed E-state index contributed by atoms with van der Waals surface area (Å²) in [6, 6.07) is 6.94. The van der Waals surface area contributed by atoms with Gasteiger partial charge in [-0.05, 0) is 24.3 Å². The fourth-order valence-corrected chi connectivity index (χ4v) is 3.62. The van der Waals surface area contributed by atoms with E-state index in [1.807, 2.05) is 0 Å². The predicted octanol–water partition coefficient (Wildman–Crippen LogP) is 1.02. The third-order valence-corrected chi connectivity index (χ3v) is 5.27. The SMILES string of the molecule is O=C(Nc1ccc(F)c(F)c1)C1OC(CO)C(O)C(n2cc(-c3cccc(F)c3)nn2)C1O. The van der Waals surface area contributed by atoms with Crippen LogP contribution in [-0.4, -0.2) is 67.2 Å². The largest absolute Gasteiger partial charge is 0.394 e. The van der Waals surface area contributed by atoms with Gasteiger partial charge in [-0.1, -0.05) is 17.3 Å². The zero-order valence-electron chi connectivity index (χ0n) is 16.8. The summed E-state index contributed by atoms with van der Waals surface area (Å²) < 4.78 is 46.6. The number of carbonyl (C=O) groups is 1. The summed E-state index contributed by atoms with van der Waals surface area (Å²) in [5.41, 5.74) is 0.541. The van der Waals surface area contributed by atoms with Gasteiger partial charge in [-0.2, -0.15) is 0 Å². The van der Waals surface area contributed by atoms with Crippen molar-refractivity contribution in [3.05, 3.63) is 66.1 Å². The molecule has 0 saturated carbocycles. The number of aliphatic hydroxyl groups excluding tert-OH is 3. The van der Waals surface area contributed by atoms with Crippen molar-refractivity contribution in [3.8, 4) is 11.3 Å². The predicted molar refractivity (Wildman–Crippen MR) is 107 cm³/mol. The molecule has 1 saturated heterocycles. The summed E-state index contributed by atoms with van der Waals surface area (Å²) in [5.74, 6) is -3.71. The molecule has 1 aromatic heterocycles. The van der Waals surface area contributed by atoms with Crippen LogP contribution in [0.2, 0.25) is 0 Å². The monoisotopic (exact) mass is 464 g/mol.